The highest BCUT2D eigenvalue weighted by molar-refractivity contribution is 7.89. The van der Waals surface area contributed by atoms with Crippen molar-refractivity contribution in [1.29, 1.82) is 0 Å². The molecule has 0 radical (unpaired) electrons. The first-order valence-electron chi connectivity index (χ1n) is 8.12. The zero-order valence-corrected chi connectivity index (χ0v) is 14.8. The Labute approximate surface area is 137 Å². The monoisotopic (exact) mass is 340 g/mol. The molecule has 3 rings (SSSR count). The van der Waals surface area contributed by atoms with Crippen LogP contribution in [0.1, 0.15) is 37.1 Å². The van der Waals surface area contributed by atoms with Gasteiger partial charge >= 0.3 is 0 Å². The van der Waals surface area contributed by atoms with Crippen LogP contribution in [0.25, 0.3) is 0 Å². The second-order valence-electron chi connectivity index (χ2n) is 6.47. The van der Waals surface area contributed by atoms with Crippen LogP contribution in [0.3, 0.4) is 0 Å². The van der Waals surface area contributed by atoms with Gasteiger partial charge in [0.2, 0.25) is 15.9 Å². The lowest BCUT2D eigenvalue weighted by Crippen LogP contribution is -2.50. The fourth-order valence-corrected chi connectivity index (χ4v) is 5.62. The molecule has 1 amide bonds. The third-order valence-corrected chi connectivity index (χ3v) is 7.07. The molecule has 3 heterocycles. The number of amides is 1. The predicted octanol–water partition coefficient (Wildman–Crippen LogP) is 0.812. The fraction of sp³-hybridized carbons (Fsp3) is 0.733. The Morgan fingerprint density at radius 1 is 1.17 bits per heavy atom. The molecule has 128 valence electrons. The van der Waals surface area contributed by atoms with Gasteiger partial charge < -0.3 is 4.90 Å². The van der Waals surface area contributed by atoms with Crippen molar-refractivity contribution in [3.63, 3.8) is 0 Å². The van der Waals surface area contributed by atoms with Gasteiger partial charge in [-0.25, -0.2) is 8.42 Å². The van der Waals surface area contributed by atoms with Gasteiger partial charge in [0.25, 0.3) is 0 Å². The quantitative estimate of drug-likeness (QED) is 0.816. The number of rotatable bonds is 3. The first kappa shape index (κ1) is 16.4. The third-order valence-electron chi connectivity index (χ3n) is 4.95. The van der Waals surface area contributed by atoms with Crippen LogP contribution in [-0.4, -0.2) is 59.0 Å². The molecule has 0 N–H and O–H groups in total. The maximum absolute atomic E-state index is 13.1. The van der Waals surface area contributed by atoms with Gasteiger partial charge in [0.15, 0.2) is 0 Å². The second kappa shape index (κ2) is 5.90. The molecular formula is C15H24N4O3S. The van der Waals surface area contributed by atoms with Crippen molar-refractivity contribution in [3.8, 4) is 0 Å². The van der Waals surface area contributed by atoms with Gasteiger partial charge in [0.1, 0.15) is 4.90 Å². The van der Waals surface area contributed by atoms with Gasteiger partial charge in [-0.2, -0.15) is 9.40 Å². The molecule has 0 spiro atoms. The van der Waals surface area contributed by atoms with Gasteiger partial charge in [0.05, 0.1) is 11.4 Å². The Morgan fingerprint density at radius 3 is 2.48 bits per heavy atom. The van der Waals surface area contributed by atoms with Crippen molar-refractivity contribution in [3.05, 3.63) is 11.4 Å². The molecule has 0 saturated carbocycles. The van der Waals surface area contributed by atoms with E-state index in [0.717, 1.165) is 25.8 Å². The topological polar surface area (TPSA) is 75.5 Å². The Kier molecular flexibility index (Phi) is 4.22. The van der Waals surface area contributed by atoms with E-state index in [4.69, 9.17) is 0 Å². The first-order chi connectivity index (χ1) is 10.8. The summed E-state index contributed by atoms with van der Waals surface area (Å²) in [6.07, 6.45) is 3.13. The molecule has 0 unspecified atom stereocenters. The maximum Gasteiger partial charge on any atom is 0.246 e. The number of hydrogen-bond donors (Lipinski definition) is 0. The SMILES string of the molecule is Cc1nn(C)c(C)c1S(=O)(=O)N1CCC[C@H](N2CCCC2=O)C1. The van der Waals surface area contributed by atoms with E-state index >= 15 is 0 Å². The average Bonchev–Trinajstić information content (AvgIpc) is 3.03. The van der Waals surface area contributed by atoms with Crippen LogP contribution in [0.4, 0.5) is 0 Å². The second-order valence-corrected chi connectivity index (χ2v) is 8.35. The Bertz CT molecular complexity index is 725. The summed E-state index contributed by atoms with van der Waals surface area (Å²) in [6.45, 7) is 5.16. The normalized spacial score (nSPS) is 23.7. The van der Waals surface area contributed by atoms with Crippen LogP contribution < -0.4 is 0 Å². The van der Waals surface area contributed by atoms with E-state index in [0.29, 0.717) is 35.8 Å². The fourth-order valence-electron chi connectivity index (χ4n) is 3.71. The maximum atomic E-state index is 13.1. The van der Waals surface area contributed by atoms with E-state index < -0.39 is 10.0 Å². The third kappa shape index (κ3) is 2.78. The molecule has 0 aliphatic carbocycles. The zero-order valence-electron chi connectivity index (χ0n) is 13.9. The molecule has 1 aromatic rings. The highest BCUT2D eigenvalue weighted by Crippen LogP contribution is 2.28. The van der Waals surface area contributed by atoms with Crippen LogP contribution in [0.15, 0.2) is 4.90 Å². The minimum absolute atomic E-state index is 0.00538. The molecule has 1 atom stereocenters. The molecule has 0 aromatic carbocycles. The standard InChI is InChI=1S/C15H24N4O3S/c1-11-15(12(2)17(3)16-11)23(21,22)18-8-4-6-13(10-18)19-9-5-7-14(19)20/h13H,4-10H2,1-3H3/t13-/m0/s1. The zero-order chi connectivity index (χ0) is 16.8. The number of likely N-dealkylation sites (tertiary alicyclic amines) is 1. The first-order valence-corrected chi connectivity index (χ1v) is 9.56. The van der Waals surface area contributed by atoms with Crippen LogP contribution in [0.5, 0.6) is 0 Å². The van der Waals surface area contributed by atoms with Crippen molar-refractivity contribution >= 4 is 15.9 Å². The number of carbonyl (C=O) groups is 1. The molecule has 0 bridgehead atoms. The lowest BCUT2D eigenvalue weighted by molar-refractivity contribution is -0.130. The van der Waals surface area contributed by atoms with Gasteiger partial charge in [-0.3, -0.25) is 9.48 Å². The lowest BCUT2D eigenvalue weighted by atomic mass is 10.1. The molecule has 2 saturated heterocycles. The van der Waals surface area contributed by atoms with E-state index in [1.165, 1.54) is 4.31 Å². The van der Waals surface area contributed by atoms with Gasteiger partial charge in [0, 0.05) is 39.1 Å². The number of aryl methyl sites for hydroxylation is 2. The lowest BCUT2D eigenvalue weighted by Gasteiger charge is -2.36. The minimum atomic E-state index is -3.57. The Morgan fingerprint density at radius 2 is 1.91 bits per heavy atom. The van der Waals surface area contributed by atoms with Crippen LogP contribution >= 0.6 is 0 Å². The summed E-state index contributed by atoms with van der Waals surface area (Å²) in [5.41, 5.74) is 1.19. The van der Waals surface area contributed by atoms with Crippen LogP contribution in [0, 0.1) is 13.8 Å². The number of sulfonamides is 1. The molecule has 2 aliphatic heterocycles. The van der Waals surface area contributed by atoms with E-state index in [1.807, 2.05) is 4.90 Å². The highest BCUT2D eigenvalue weighted by atomic mass is 32.2. The highest BCUT2D eigenvalue weighted by Gasteiger charge is 2.37. The molecule has 8 heteroatoms. The van der Waals surface area contributed by atoms with E-state index in [-0.39, 0.29) is 11.9 Å². The number of aromatic nitrogens is 2. The van der Waals surface area contributed by atoms with Gasteiger partial charge in [-0.05, 0) is 33.1 Å². The summed E-state index contributed by atoms with van der Waals surface area (Å²) >= 11 is 0. The van der Waals surface area contributed by atoms with E-state index in [9.17, 15) is 13.2 Å². The summed E-state index contributed by atoms with van der Waals surface area (Å²) in [4.78, 5) is 14.1. The summed E-state index contributed by atoms with van der Waals surface area (Å²) < 4.78 is 29.2. The number of hydrogen-bond acceptors (Lipinski definition) is 4. The van der Waals surface area contributed by atoms with Crippen LogP contribution in [-0.2, 0) is 21.9 Å². The van der Waals surface area contributed by atoms with Crippen molar-refractivity contribution in [2.24, 2.45) is 7.05 Å². The predicted molar refractivity (Wildman–Crippen MR) is 85.4 cm³/mol. The van der Waals surface area contributed by atoms with Crippen molar-refractivity contribution in [2.75, 3.05) is 19.6 Å². The number of carbonyl (C=O) groups excluding carboxylic acids is 1. The largest absolute Gasteiger partial charge is 0.338 e. The van der Waals surface area contributed by atoms with Crippen molar-refractivity contribution in [1.82, 2.24) is 19.0 Å². The van der Waals surface area contributed by atoms with Crippen molar-refractivity contribution in [2.45, 2.75) is 50.5 Å². The van der Waals surface area contributed by atoms with Crippen molar-refractivity contribution < 1.29 is 13.2 Å². The molecule has 1 aromatic heterocycles. The minimum Gasteiger partial charge on any atom is -0.338 e. The molecular weight excluding hydrogens is 316 g/mol. The van der Waals surface area contributed by atoms with Gasteiger partial charge in [-0.15, -0.1) is 0 Å². The van der Waals surface area contributed by atoms with Crippen LogP contribution in [0.2, 0.25) is 0 Å². The molecule has 2 aliphatic rings. The number of nitrogens with zero attached hydrogens (tertiary/aromatic N) is 4. The smallest absolute Gasteiger partial charge is 0.246 e. The van der Waals surface area contributed by atoms with E-state index in [1.54, 1.807) is 25.6 Å². The summed E-state index contributed by atoms with van der Waals surface area (Å²) in [5, 5.41) is 4.23. The summed E-state index contributed by atoms with van der Waals surface area (Å²) in [6, 6.07) is 0.00538. The summed E-state index contributed by atoms with van der Waals surface area (Å²) in [7, 11) is -1.82. The average molecular weight is 340 g/mol. The molecule has 7 nitrogen and oxygen atoms in total. The Balaban J connectivity index is 1.86. The van der Waals surface area contributed by atoms with E-state index in [2.05, 4.69) is 5.10 Å². The van der Waals surface area contributed by atoms with Gasteiger partial charge in [-0.1, -0.05) is 0 Å². The molecule has 23 heavy (non-hydrogen) atoms. The summed E-state index contributed by atoms with van der Waals surface area (Å²) in [5.74, 6) is 0.156. The number of piperidine rings is 1. The Hall–Kier alpha value is -1.41. The molecule has 2 fully saturated rings.